The minimum Gasteiger partial charge on any atom is -0.390 e. The highest BCUT2D eigenvalue weighted by molar-refractivity contribution is 9.11. The molecule has 0 bridgehead atoms. The molecule has 1 nitrogen and oxygen atoms in total. The number of halogens is 1. The summed E-state index contributed by atoms with van der Waals surface area (Å²) in [5.41, 5.74) is -0.571. The highest BCUT2D eigenvalue weighted by Gasteiger charge is 2.22. The van der Waals surface area contributed by atoms with E-state index < -0.39 is 5.60 Å². The Morgan fingerprint density at radius 1 is 1.50 bits per heavy atom. The number of hydrogen-bond donors (Lipinski definition) is 1. The van der Waals surface area contributed by atoms with Crippen molar-refractivity contribution in [2.45, 2.75) is 39.2 Å². The largest absolute Gasteiger partial charge is 0.390 e. The van der Waals surface area contributed by atoms with Crippen LogP contribution in [0.25, 0.3) is 0 Å². The molecule has 0 radical (unpaired) electrons. The Bertz CT molecular complexity index is 291. The summed E-state index contributed by atoms with van der Waals surface area (Å²) in [6, 6.07) is 4.11. The van der Waals surface area contributed by atoms with E-state index in [1.54, 1.807) is 11.3 Å². The molecule has 0 aliphatic rings. The maximum absolute atomic E-state index is 10.1. The normalized spacial score (nSPS) is 15.9. The highest BCUT2D eigenvalue weighted by atomic mass is 79.9. The Morgan fingerprint density at radius 2 is 2.14 bits per heavy atom. The van der Waals surface area contributed by atoms with E-state index in [1.165, 1.54) is 4.88 Å². The molecule has 3 heteroatoms. The second kappa shape index (κ2) is 4.77. The molecule has 0 aliphatic heterocycles. The zero-order valence-corrected chi connectivity index (χ0v) is 11.3. The quantitative estimate of drug-likeness (QED) is 0.886. The molecular weight excluding hydrogens is 260 g/mol. The molecule has 1 aromatic heterocycles. The van der Waals surface area contributed by atoms with Gasteiger partial charge >= 0.3 is 0 Å². The van der Waals surface area contributed by atoms with Crippen molar-refractivity contribution >= 4 is 27.3 Å². The first-order valence-corrected chi connectivity index (χ1v) is 6.46. The van der Waals surface area contributed by atoms with Crippen LogP contribution in [0.3, 0.4) is 0 Å². The molecule has 0 aliphatic carbocycles. The monoisotopic (exact) mass is 276 g/mol. The molecule has 0 spiro atoms. The molecular formula is C11H17BrOS. The fraction of sp³-hybridized carbons (Fsp3) is 0.636. The summed E-state index contributed by atoms with van der Waals surface area (Å²) in [4.78, 5) is 1.24. The molecule has 1 rings (SSSR count). The summed E-state index contributed by atoms with van der Waals surface area (Å²) in [5.74, 6) is 0.536. The van der Waals surface area contributed by atoms with E-state index >= 15 is 0 Å². The van der Waals surface area contributed by atoms with Gasteiger partial charge in [0.2, 0.25) is 0 Å². The first-order valence-electron chi connectivity index (χ1n) is 4.86. The average molecular weight is 277 g/mol. The van der Waals surface area contributed by atoms with Crippen LogP contribution in [-0.4, -0.2) is 10.7 Å². The van der Waals surface area contributed by atoms with Gasteiger partial charge in [0, 0.05) is 11.3 Å². The summed E-state index contributed by atoms with van der Waals surface area (Å²) in [6.45, 7) is 6.19. The van der Waals surface area contributed by atoms with Crippen LogP contribution in [0.5, 0.6) is 0 Å². The Morgan fingerprint density at radius 3 is 2.57 bits per heavy atom. The second-order valence-electron chi connectivity index (χ2n) is 4.48. The summed E-state index contributed by atoms with van der Waals surface area (Å²) in [7, 11) is 0. The van der Waals surface area contributed by atoms with Crippen LogP contribution in [0.4, 0.5) is 0 Å². The number of thiophene rings is 1. The third kappa shape index (κ3) is 4.11. The van der Waals surface area contributed by atoms with Crippen LogP contribution in [0.2, 0.25) is 0 Å². The summed E-state index contributed by atoms with van der Waals surface area (Å²) in [6.07, 6.45) is 1.60. The van der Waals surface area contributed by atoms with Crippen LogP contribution >= 0.6 is 27.3 Å². The highest BCUT2D eigenvalue weighted by Crippen LogP contribution is 2.28. The van der Waals surface area contributed by atoms with E-state index in [0.29, 0.717) is 5.92 Å². The molecule has 1 N–H and O–H groups in total. The molecule has 0 aromatic carbocycles. The lowest BCUT2D eigenvalue weighted by molar-refractivity contribution is 0.0396. The molecule has 80 valence electrons. The van der Waals surface area contributed by atoms with Gasteiger partial charge in [0.05, 0.1) is 9.39 Å². The smallest absolute Gasteiger partial charge is 0.0701 e. The van der Waals surface area contributed by atoms with E-state index in [-0.39, 0.29) is 0 Å². The van der Waals surface area contributed by atoms with Gasteiger partial charge in [-0.05, 0) is 47.3 Å². The van der Waals surface area contributed by atoms with E-state index in [0.717, 1.165) is 16.6 Å². The fourth-order valence-corrected chi connectivity index (χ4v) is 3.44. The van der Waals surface area contributed by atoms with Gasteiger partial charge in [0.15, 0.2) is 0 Å². The van der Waals surface area contributed by atoms with E-state index in [1.807, 2.05) is 13.0 Å². The topological polar surface area (TPSA) is 20.2 Å². The van der Waals surface area contributed by atoms with Crippen molar-refractivity contribution in [3.05, 3.63) is 20.8 Å². The zero-order valence-electron chi connectivity index (χ0n) is 8.88. The maximum atomic E-state index is 10.1. The molecule has 1 unspecified atom stereocenters. The second-order valence-corrected chi connectivity index (χ2v) is 7.03. The lowest BCUT2D eigenvalue weighted by atomic mass is 9.91. The molecule has 1 atom stereocenters. The Hall–Kier alpha value is 0.140. The van der Waals surface area contributed by atoms with Crippen molar-refractivity contribution < 1.29 is 5.11 Å². The summed E-state index contributed by atoms with van der Waals surface area (Å²) >= 11 is 5.13. The molecule has 0 saturated carbocycles. The minimum absolute atomic E-state index is 0.536. The molecule has 0 amide bonds. The lowest BCUT2D eigenvalue weighted by Gasteiger charge is -2.24. The van der Waals surface area contributed by atoms with Crippen molar-refractivity contribution in [2.24, 2.45) is 5.92 Å². The predicted octanol–water partition coefficient (Wildman–Crippen LogP) is 3.85. The molecule has 14 heavy (non-hydrogen) atoms. The number of hydrogen-bond acceptors (Lipinski definition) is 2. The Labute approximate surface area is 98.3 Å². The van der Waals surface area contributed by atoms with E-state index in [2.05, 4.69) is 35.8 Å². The molecule has 1 heterocycles. The van der Waals surface area contributed by atoms with Crippen LogP contribution in [0.15, 0.2) is 15.9 Å². The van der Waals surface area contributed by atoms with E-state index in [9.17, 15) is 5.11 Å². The summed E-state index contributed by atoms with van der Waals surface area (Å²) < 4.78 is 1.13. The third-order valence-corrected chi connectivity index (χ3v) is 3.66. The molecule has 0 fully saturated rings. The first-order chi connectivity index (χ1) is 6.39. The predicted molar refractivity (Wildman–Crippen MR) is 65.8 cm³/mol. The fourth-order valence-electron chi connectivity index (χ4n) is 1.77. The lowest BCUT2D eigenvalue weighted by Crippen LogP contribution is -2.28. The summed E-state index contributed by atoms with van der Waals surface area (Å²) in [5, 5.41) is 10.1. The van der Waals surface area contributed by atoms with Crippen LogP contribution in [-0.2, 0) is 6.42 Å². The van der Waals surface area contributed by atoms with Gasteiger partial charge in [-0.1, -0.05) is 13.8 Å². The SMILES string of the molecule is CC(C)CC(C)(O)Cc1ccc(Br)s1. The third-order valence-electron chi connectivity index (χ3n) is 2.03. The van der Waals surface area contributed by atoms with Crippen molar-refractivity contribution in [2.75, 3.05) is 0 Å². The van der Waals surface area contributed by atoms with Gasteiger partial charge in [-0.15, -0.1) is 11.3 Å². The minimum atomic E-state index is -0.571. The van der Waals surface area contributed by atoms with Crippen molar-refractivity contribution in [3.8, 4) is 0 Å². The molecule has 0 saturated heterocycles. The van der Waals surface area contributed by atoms with Crippen molar-refractivity contribution in [1.29, 1.82) is 0 Å². The van der Waals surface area contributed by atoms with E-state index in [4.69, 9.17) is 0 Å². The van der Waals surface area contributed by atoms with Crippen LogP contribution in [0, 0.1) is 5.92 Å². The van der Waals surface area contributed by atoms with Crippen molar-refractivity contribution in [1.82, 2.24) is 0 Å². The van der Waals surface area contributed by atoms with Gasteiger partial charge in [-0.2, -0.15) is 0 Å². The van der Waals surface area contributed by atoms with Crippen LogP contribution < -0.4 is 0 Å². The Balaban J connectivity index is 2.58. The van der Waals surface area contributed by atoms with Gasteiger partial charge in [0.25, 0.3) is 0 Å². The first kappa shape index (κ1) is 12.2. The van der Waals surface area contributed by atoms with Gasteiger partial charge in [-0.25, -0.2) is 0 Å². The number of aliphatic hydroxyl groups is 1. The average Bonchev–Trinajstić information content (AvgIpc) is 2.30. The van der Waals surface area contributed by atoms with Gasteiger partial charge < -0.3 is 5.11 Å². The van der Waals surface area contributed by atoms with Gasteiger partial charge in [-0.3, -0.25) is 0 Å². The molecule has 1 aromatic rings. The van der Waals surface area contributed by atoms with Gasteiger partial charge in [0.1, 0.15) is 0 Å². The number of rotatable bonds is 4. The Kier molecular flexibility index (Phi) is 4.16. The standard InChI is InChI=1S/C11H17BrOS/c1-8(2)6-11(3,13)7-9-4-5-10(12)14-9/h4-5,8,13H,6-7H2,1-3H3. The van der Waals surface area contributed by atoms with Crippen LogP contribution in [0.1, 0.15) is 32.1 Å². The zero-order chi connectivity index (χ0) is 10.8. The van der Waals surface area contributed by atoms with Crippen molar-refractivity contribution in [3.63, 3.8) is 0 Å². The maximum Gasteiger partial charge on any atom is 0.0701 e.